The average molecular weight is 491 g/mol. The lowest BCUT2D eigenvalue weighted by atomic mass is 10.1. The second-order valence-corrected chi connectivity index (χ2v) is 8.36. The van der Waals surface area contributed by atoms with E-state index in [-0.39, 0.29) is 28.3 Å². The van der Waals surface area contributed by atoms with Crippen LogP contribution in [0.3, 0.4) is 0 Å². The smallest absolute Gasteiger partial charge is 0.273 e. The van der Waals surface area contributed by atoms with E-state index in [1.54, 1.807) is 0 Å². The highest BCUT2D eigenvalue weighted by atomic mass is 32.2. The molecular formula is C22H19F2N3O6S. The Bertz CT molecular complexity index is 1350. The zero-order valence-corrected chi connectivity index (χ0v) is 18.7. The Balaban J connectivity index is 1.93. The van der Waals surface area contributed by atoms with E-state index in [9.17, 15) is 26.8 Å². The molecule has 0 aliphatic heterocycles. The van der Waals surface area contributed by atoms with Crippen molar-refractivity contribution in [3.05, 3.63) is 83.4 Å². The molecule has 0 aliphatic carbocycles. The quantitative estimate of drug-likeness (QED) is 0.437. The zero-order chi connectivity index (χ0) is 24.9. The van der Waals surface area contributed by atoms with Crippen molar-refractivity contribution in [2.75, 3.05) is 18.9 Å². The molecule has 0 heterocycles. The molecule has 0 spiro atoms. The normalized spacial score (nSPS) is 10.8. The number of para-hydroxylation sites is 1. The molecule has 0 atom stereocenters. The summed E-state index contributed by atoms with van der Waals surface area (Å²) in [5.74, 6) is -3.79. The number of halogens is 2. The molecule has 0 saturated heterocycles. The summed E-state index contributed by atoms with van der Waals surface area (Å²) in [6.45, 7) is 0. The summed E-state index contributed by atoms with van der Waals surface area (Å²) in [6, 6.07) is 12.3. The van der Waals surface area contributed by atoms with Crippen LogP contribution >= 0.6 is 0 Å². The summed E-state index contributed by atoms with van der Waals surface area (Å²) < 4.78 is 65.9. The number of methoxy groups -OCH3 is 2. The predicted octanol–water partition coefficient (Wildman–Crippen LogP) is 2.86. The lowest BCUT2D eigenvalue weighted by Crippen LogP contribution is -2.42. The number of sulfonamides is 1. The molecule has 12 heteroatoms. The summed E-state index contributed by atoms with van der Waals surface area (Å²) in [6.07, 6.45) is 0. The number of amides is 2. The minimum atomic E-state index is -4.37. The molecular weight excluding hydrogens is 472 g/mol. The van der Waals surface area contributed by atoms with Gasteiger partial charge in [0, 0.05) is 6.07 Å². The fraction of sp³-hybridized carbons (Fsp3) is 0.0909. The molecule has 0 saturated carbocycles. The number of carbonyl (C=O) groups excluding carboxylic acids is 2. The van der Waals surface area contributed by atoms with Crippen LogP contribution < -0.4 is 25.0 Å². The standard InChI is InChI=1S/C22H19F2N3O6S/c1-32-19-12-13(34(30,31)27-18-10-6-5-9-17(18)24)11-15(20(19)33-2)22(29)26-25-21(28)14-7-3-4-8-16(14)23/h3-12,27H,1-2H3,(H,25,28)(H,26,29). The summed E-state index contributed by atoms with van der Waals surface area (Å²) in [5.41, 5.74) is 3.16. The van der Waals surface area contributed by atoms with Crippen LogP contribution in [-0.2, 0) is 10.0 Å². The van der Waals surface area contributed by atoms with E-state index in [1.165, 1.54) is 50.6 Å². The second-order valence-electron chi connectivity index (χ2n) is 6.68. The highest BCUT2D eigenvalue weighted by Gasteiger charge is 2.25. The molecule has 0 radical (unpaired) electrons. The number of hydrogen-bond donors (Lipinski definition) is 3. The van der Waals surface area contributed by atoms with E-state index in [1.807, 2.05) is 5.43 Å². The maximum absolute atomic E-state index is 13.9. The van der Waals surface area contributed by atoms with E-state index in [0.717, 1.165) is 24.3 Å². The van der Waals surface area contributed by atoms with E-state index in [2.05, 4.69) is 10.1 Å². The molecule has 2 amide bonds. The van der Waals surface area contributed by atoms with Gasteiger partial charge in [0.2, 0.25) is 0 Å². The SMILES string of the molecule is COc1cc(S(=O)(=O)Nc2ccccc2F)cc(C(=O)NNC(=O)c2ccccc2F)c1OC. The maximum Gasteiger partial charge on any atom is 0.273 e. The predicted molar refractivity (Wildman–Crippen MR) is 118 cm³/mol. The fourth-order valence-corrected chi connectivity index (χ4v) is 4.01. The van der Waals surface area contributed by atoms with Gasteiger partial charge in [0.1, 0.15) is 11.6 Å². The molecule has 0 aromatic heterocycles. The molecule has 0 aliphatic rings. The minimum Gasteiger partial charge on any atom is -0.493 e. The van der Waals surface area contributed by atoms with Gasteiger partial charge >= 0.3 is 0 Å². The van der Waals surface area contributed by atoms with Gasteiger partial charge in [-0.2, -0.15) is 0 Å². The van der Waals surface area contributed by atoms with Crippen molar-refractivity contribution in [3.63, 3.8) is 0 Å². The molecule has 34 heavy (non-hydrogen) atoms. The third kappa shape index (κ3) is 5.23. The molecule has 3 rings (SSSR count). The summed E-state index contributed by atoms with van der Waals surface area (Å²) in [4.78, 5) is 24.5. The monoisotopic (exact) mass is 491 g/mol. The Morgan fingerprint density at radius 2 is 1.38 bits per heavy atom. The fourth-order valence-electron chi connectivity index (χ4n) is 2.90. The number of rotatable bonds is 7. The maximum atomic E-state index is 13.9. The molecule has 3 aromatic carbocycles. The van der Waals surface area contributed by atoms with Crippen LogP contribution in [0.1, 0.15) is 20.7 Å². The molecule has 178 valence electrons. The van der Waals surface area contributed by atoms with Crippen LogP contribution in [0.25, 0.3) is 0 Å². The van der Waals surface area contributed by atoms with Gasteiger partial charge in [0.25, 0.3) is 21.8 Å². The van der Waals surface area contributed by atoms with Gasteiger partial charge in [-0.3, -0.25) is 25.2 Å². The van der Waals surface area contributed by atoms with E-state index in [4.69, 9.17) is 9.47 Å². The van der Waals surface area contributed by atoms with Crippen molar-refractivity contribution in [2.45, 2.75) is 4.90 Å². The zero-order valence-electron chi connectivity index (χ0n) is 17.9. The van der Waals surface area contributed by atoms with E-state index < -0.39 is 38.4 Å². The van der Waals surface area contributed by atoms with Crippen LogP contribution in [0.2, 0.25) is 0 Å². The largest absolute Gasteiger partial charge is 0.493 e. The Morgan fingerprint density at radius 1 is 0.794 bits per heavy atom. The Labute approximate surface area is 193 Å². The first-order chi connectivity index (χ1) is 16.2. The average Bonchev–Trinajstić information content (AvgIpc) is 2.82. The first-order valence-electron chi connectivity index (χ1n) is 9.56. The van der Waals surface area contributed by atoms with Crippen molar-refractivity contribution in [1.29, 1.82) is 0 Å². The van der Waals surface area contributed by atoms with Crippen LogP contribution in [0, 0.1) is 11.6 Å². The first kappa shape index (κ1) is 24.5. The summed E-state index contributed by atoms with van der Waals surface area (Å²) in [7, 11) is -1.93. The van der Waals surface area contributed by atoms with E-state index in [0.29, 0.717) is 0 Å². The van der Waals surface area contributed by atoms with E-state index >= 15 is 0 Å². The Kier molecular flexibility index (Phi) is 7.31. The number of carbonyl (C=O) groups is 2. The highest BCUT2D eigenvalue weighted by molar-refractivity contribution is 7.92. The van der Waals surface area contributed by atoms with Crippen molar-refractivity contribution >= 4 is 27.5 Å². The van der Waals surface area contributed by atoms with Gasteiger partial charge in [-0.15, -0.1) is 0 Å². The molecule has 0 unspecified atom stereocenters. The second kappa shape index (κ2) is 10.2. The van der Waals surface area contributed by atoms with Crippen molar-refractivity contribution in [2.24, 2.45) is 0 Å². The number of anilines is 1. The van der Waals surface area contributed by atoms with Crippen LogP contribution in [0.5, 0.6) is 11.5 Å². The number of benzene rings is 3. The number of hydrogen-bond acceptors (Lipinski definition) is 6. The van der Waals surface area contributed by atoms with Gasteiger partial charge in [-0.1, -0.05) is 24.3 Å². The summed E-state index contributed by atoms with van der Waals surface area (Å²) in [5, 5.41) is 0. The van der Waals surface area contributed by atoms with Gasteiger partial charge in [0.15, 0.2) is 11.5 Å². The molecule has 0 bridgehead atoms. The van der Waals surface area contributed by atoms with Crippen LogP contribution in [-0.4, -0.2) is 34.5 Å². The molecule has 0 fully saturated rings. The summed E-state index contributed by atoms with van der Waals surface area (Å²) >= 11 is 0. The lowest BCUT2D eigenvalue weighted by molar-refractivity contribution is 0.0842. The van der Waals surface area contributed by atoms with Crippen LogP contribution in [0.4, 0.5) is 14.5 Å². The van der Waals surface area contributed by atoms with Gasteiger partial charge in [-0.25, -0.2) is 17.2 Å². The third-order valence-corrected chi connectivity index (χ3v) is 5.88. The topological polar surface area (TPSA) is 123 Å². The van der Waals surface area contributed by atoms with Crippen molar-refractivity contribution < 1.29 is 36.3 Å². The third-order valence-electron chi connectivity index (χ3n) is 4.53. The molecule has 3 aromatic rings. The minimum absolute atomic E-state index is 0.121. The first-order valence-corrected chi connectivity index (χ1v) is 11.0. The Morgan fingerprint density at radius 3 is 1.97 bits per heavy atom. The number of nitrogens with one attached hydrogen (secondary N) is 3. The van der Waals surface area contributed by atoms with Gasteiger partial charge < -0.3 is 9.47 Å². The number of ether oxygens (including phenoxy) is 2. The molecule has 9 nitrogen and oxygen atoms in total. The number of hydrazine groups is 1. The van der Waals surface area contributed by atoms with Gasteiger partial charge in [-0.05, 0) is 30.3 Å². The highest BCUT2D eigenvalue weighted by Crippen LogP contribution is 2.35. The van der Waals surface area contributed by atoms with Crippen LogP contribution in [0.15, 0.2) is 65.6 Å². The molecule has 3 N–H and O–H groups in total. The van der Waals surface area contributed by atoms with Gasteiger partial charge in [0.05, 0.1) is 35.9 Å². The van der Waals surface area contributed by atoms with Crippen molar-refractivity contribution in [1.82, 2.24) is 10.9 Å². The lowest BCUT2D eigenvalue weighted by Gasteiger charge is -2.16. The van der Waals surface area contributed by atoms with Crippen molar-refractivity contribution in [3.8, 4) is 11.5 Å². The Hall–Kier alpha value is -4.19.